The molecule has 262 valence electrons. The van der Waals surface area contributed by atoms with Crippen molar-refractivity contribution >= 4 is 20.8 Å². The smallest absolute Gasteiger partial charge is 0.204 e. The van der Waals surface area contributed by atoms with Crippen molar-refractivity contribution < 1.29 is 19.2 Å². The second-order valence-corrected chi connectivity index (χ2v) is 15.4. The summed E-state index contributed by atoms with van der Waals surface area (Å²) < 4.78 is 0.308. The second-order valence-electron chi connectivity index (χ2n) is 14.8. The Morgan fingerprint density at radius 1 is 0.477 bits per heavy atom. The van der Waals surface area contributed by atoms with Gasteiger partial charge in [-0.15, -0.1) is 0 Å². The normalized spacial score (nSPS) is 13.0. The topological polar surface area (TPSA) is 54.4 Å². The molecule has 1 unspecified atom stereocenters. The van der Waals surface area contributed by atoms with Gasteiger partial charge >= 0.3 is 0 Å². The SMILES string of the molecule is CCCCCCCCCCCCCCCCC(=O)C(O)(C(=O)CCCCCCCCCCCCCCCC)C([PH-])[N+](C)(C)C. The number of carbonyl (C=O) groups is 2. The van der Waals surface area contributed by atoms with Gasteiger partial charge in [0.25, 0.3) is 0 Å². The van der Waals surface area contributed by atoms with E-state index in [1.807, 2.05) is 21.1 Å². The molecule has 0 saturated carbocycles. The van der Waals surface area contributed by atoms with E-state index in [1.54, 1.807) is 0 Å². The summed E-state index contributed by atoms with van der Waals surface area (Å²) in [5, 5.41) is 11.6. The third-order valence-corrected chi connectivity index (χ3v) is 10.7. The largest absolute Gasteiger partial charge is 0.488 e. The molecule has 0 aromatic carbocycles. The zero-order valence-corrected chi connectivity index (χ0v) is 31.5. The van der Waals surface area contributed by atoms with Gasteiger partial charge in [-0.25, -0.2) is 0 Å². The van der Waals surface area contributed by atoms with Gasteiger partial charge in [-0.3, -0.25) is 9.59 Å². The average molecular weight is 640 g/mol. The molecule has 1 N–H and O–H groups in total. The summed E-state index contributed by atoms with van der Waals surface area (Å²) in [4.78, 5) is 26.7. The van der Waals surface area contributed by atoms with Gasteiger partial charge in [-0.2, -0.15) is 0 Å². The first-order valence-electron chi connectivity index (χ1n) is 19.4. The molecule has 0 rings (SSSR count). The fourth-order valence-corrected chi connectivity index (χ4v) is 6.68. The average Bonchev–Trinajstić information content (AvgIpc) is 2.99. The van der Waals surface area contributed by atoms with Crippen LogP contribution in [0.2, 0.25) is 0 Å². The number of unbranched alkanes of at least 4 members (excludes halogenated alkanes) is 26. The summed E-state index contributed by atoms with van der Waals surface area (Å²) >= 11 is 0. The monoisotopic (exact) mass is 640 g/mol. The molecule has 5 heteroatoms. The molecule has 0 spiro atoms. The van der Waals surface area contributed by atoms with Gasteiger partial charge < -0.3 is 18.8 Å². The van der Waals surface area contributed by atoms with Gasteiger partial charge in [-0.1, -0.05) is 181 Å². The van der Waals surface area contributed by atoms with Crippen molar-refractivity contribution in [2.75, 3.05) is 21.1 Å². The van der Waals surface area contributed by atoms with Gasteiger partial charge in [0.15, 0.2) is 11.6 Å². The van der Waals surface area contributed by atoms with Crippen LogP contribution in [0, 0.1) is 0 Å². The van der Waals surface area contributed by atoms with Crippen LogP contribution < -0.4 is 0 Å². The van der Waals surface area contributed by atoms with E-state index >= 15 is 0 Å². The predicted octanol–water partition coefficient (Wildman–Crippen LogP) is 11.8. The fourth-order valence-electron chi connectivity index (χ4n) is 6.36. The second kappa shape index (κ2) is 28.9. The fraction of sp³-hybridized carbons (Fsp3) is 0.949. The van der Waals surface area contributed by atoms with Crippen LogP contribution in [0.1, 0.15) is 206 Å². The number of hydrogen-bond acceptors (Lipinski definition) is 3. The predicted molar refractivity (Wildman–Crippen MR) is 195 cm³/mol. The van der Waals surface area contributed by atoms with Crippen LogP contribution >= 0.6 is 9.24 Å². The molecule has 0 amide bonds. The molecular formula is C39H78NO3P. The van der Waals surface area contributed by atoms with Crippen LogP contribution in [0.4, 0.5) is 0 Å². The number of nitrogens with zero attached hydrogens (tertiary/aromatic N) is 1. The molecule has 0 aliphatic rings. The van der Waals surface area contributed by atoms with Gasteiger partial charge in [-0.05, 0) is 12.8 Å². The van der Waals surface area contributed by atoms with Crippen molar-refractivity contribution in [1.82, 2.24) is 0 Å². The maximum Gasteiger partial charge on any atom is 0.204 e. The quantitative estimate of drug-likeness (QED) is 0.0330. The minimum atomic E-state index is -1.96. The highest BCUT2D eigenvalue weighted by Crippen LogP contribution is 2.30. The summed E-state index contributed by atoms with van der Waals surface area (Å²) in [6.45, 7) is 4.54. The summed E-state index contributed by atoms with van der Waals surface area (Å²) in [7, 11) is 9.39. The number of ketones is 2. The van der Waals surface area contributed by atoms with Crippen LogP contribution in [-0.2, 0) is 9.59 Å². The molecular weight excluding hydrogens is 561 g/mol. The Bertz CT molecular complexity index is 631. The molecule has 0 aromatic rings. The van der Waals surface area contributed by atoms with E-state index in [4.69, 9.17) is 0 Å². The lowest BCUT2D eigenvalue weighted by Gasteiger charge is -2.46. The molecule has 0 radical (unpaired) electrons. The summed E-state index contributed by atoms with van der Waals surface area (Å²) in [5.41, 5.74) is -1.96. The summed E-state index contributed by atoms with van der Waals surface area (Å²) in [6, 6.07) is 0. The van der Waals surface area contributed by atoms with Crippen LogP contribution in [-0.4, -0.2) is 53.7 Å². The van der Waals surface area contributed by atoms with Gasteiger partial charge in [0.2, 0.25) is 5.60 Å². The van der Waals surface area contributed by atoms with Crippen LogP contribution in [0.5, 0.6) is 0 Å². The summed E-state index contributed by atoms with van der Waals surface area (Å²) in [5.74, 6) is -1.26. The van der Waals surface area contributed by atoms with Crippen LogP contribution in [0.25, 0.3) is 0 Å². The molecule has 0 fully saturated rings. The zero-order chi connectivity index (χ0) is 32.9. The number of Topliss-reactive ketones (excluding diaryl/α,β-unsaturated/α-hetero) is 2. The Balaban J connectivity index is 4.20. The first-order valence-corrected chi connectivity index (χ1v) is 20.0. The number of hydrogen-bond donors (Lipinski definition) is 1. The van der Waals surface area contributed by atoms with E-state index in [9.17, 15) is 14.7 Å². The lowest BCUT2D eigenvalue weighted by Crippen LogP contribution is -2.63. The number of rotatable bonds is 34. The zero-order valence-electron chi connectivity index (χ0n) is 30.5. The lowest BCUT2D eigenvalue weighted by molar-refractivity contribution is -0.885. The van der Waals surface area contributed by atoms with Gasteiger partial charge in [0, 0.05) is 18.6 Å². The Morgan fingerprint density at radius 3 is 0.886 bits per heavy atom. The van der Waals surface area contributed by atoms with E-state index in [1.165, 1.54) is 141 Å². The Kier molecular flexibility index (Phi) is 28.7. The third-order valence-electron chi connectivity index (χ3n) is 9.54. The molecule has 0 bridgehead atoms. The Hall–Kier alpha value is -0.310. The third kappa shape index (κ3) is 22.3. The molecule has 0 heterocycles. The van der Waals surface area contributed by atoms with E-state index in [-0.39, 0.29) is 24.4 Å². The number of carbonyl (C=O) groups excluding carboxylic acids is 2. The first kappa shape index (κ1) is 43.7. The van der Waals surface area contributed by atoms with Crippen LogP contribution in [0.15, 0.2) is 0 Å². The van der Waals surface area contributed by atoms with E-state index in [0.29, 0.717) is 4.48 Å². The highest BCUT2D eigenvalue weighted by atomic mass is 31.0. The Labute approximate surface area is 278 Å². The van der Waals surface area contributed by atoms with Crippen molar-refractivity contribution in [1.29, 1.82) is 0 Å². The van der Waals surface area contributed by atoms with Gasteiger partial charge in [0.1, 0.15) is 0 Å². The van der Waals surface area contributed by atoms with Crippen molar-refractivity contribution in [2.45, 2.75) is 218 Å². The van der Waals surface area contributed by atoms with Crippen molar-refractivity contribution in [3.8, 4) is 0 Å². The molecule has 0 saturated heterocycles. The van der Waals surface area contributed by atoms with Gasteiger partial charge in [0.05, 0.1) is 21.1 Å². The van der Waals surface area contributed by atoms with Crippen LogP contribution in [0.3, 0.4) is 0 Å². The number of quaternary nitrogens is 1. The van der Waals surface area contributed by atoms with E-state index in [2.05, 4.69) is 23.1 Å². The molecule has 0 aliphatic carbocycles. The number of aliphatic hydroxyl groups is 1. The minimum Gasteiger partial charge on any atom is -0.488 e. The lowest BCUT2D eigenvalue weighted by atomic mass is 9.85. The van der Waals surface area contributed by atoms with E-state index in [0.717, 1.165) is 38.5 Å². The Morgan fingerprint density at radius 2 is 0.682 bits per heavy atom. The number of likely N-dealkylation sites (N-methyl/N-ethyl adjacent to an activating group) is 1. The highest BCUT2D eigenvalue weighted by molar-refractivity contribution is 7.17. The highest BCUT2D eigenvalue weighted by Gasteiger charge is 2.48. The molecule has 0 aromatic heterocycles. The van der Waals surface area contributed by atoms with E-state index < -0.39 is 11.4 Å². The molecule has 1 atom stereocenters. The first-order chi connectivity index (χ1) is 21.1. The maximum absolute atomic E-state index is 13.3. The van der Waals surface area contributed by atoms with Crippen molar-refractivity contribution in [3.05, 3.63) is 0 Å². The van der Waals surface area contributed by atoms with Crippen molar-refractivity contribution in [2.24, 2.45) is 0 Å². The van der Waals surface area contributed by atoms with Crippen molar-refractivity contribution in [3.63, 3.8) is 0 Å². The molecule has 4 nitrogen and oxygen atoms in total. The standard InChI is InChI=1S/C39H78NO3P/c1-6-8-10-12-14-16-18-20-22-24-26-28-30-32-34-36(41)39(43,38(44)40(3,4)5)37(42)35-33-31-29-27-25-23-21-19-17-15-13-11-9-7-2/h38,43-44H,6-35H2,1-5H3. The minimum absolute atomic E-state index is 0.278. The molecule has 44 heavy (non-hydrogen) atoms. The molecule has 0 aliphatic heterocycles. The maximum atomic E-state index is 13.3. The summed E-state index contributed by atoms with van der Waals surface area (Å²) in [6.07, 6.45) is 35.9.